The maximum atomic E-state index is 12.7. The molecule has 1 saturated heterocycles. The van der Waals surface area contributed by atoms with Gasteiger partial charge in [-0.1, -0.05) is 11.6 Å². The van der Waals surface area contributed by atoms with E-state index in [1.807, 2.05) is 16.8 Å². The number of rotatable bonds is 5. The van der Waals surface area contributed by atoms with Gasteiger partial charge < -0.3 is 5.32 Å². The van der Waals surface area contributed by atoms with Gasteiger partial charge in [0.15, 0.2) is 0 Å². The summed E-state index contributed by atoms with van der Waals surface area (Å²) in [6.45, 7) is 1.10. The van der Waals surface area contributed by atoms with Crippen LogP contribution >= 0.6 is 22.9 Å². The van der Waals surface area contributed by atoms with Crippen LogP contribution in [0.1, 0.15) is 18.4 Å². The van der Waals surface area contributed by atoms with Crippen molar-refractivity contribution in [2.45, 2.75) is 24.3 Å². The van der Waals surface area contributed by atoms with Gasteiger partial charge in [-0.3, -0.25) is 4.79 Å². The highest BCUT2D eigenvalue weighted by molar-refractivity contribution is 7.89. The molecule has 0 atom stereocenters. The zero-order valence-electron chi connectivity index (χ0n) is 13.4. The summed E-state index contributed by atoms with van der Waals surface area (Å²) >= 11 is 7.51. The maximum Gasteiger partial charge on any atom is 0.246 e. The zero-order valence-corrected chi connectivity index (χ0v) is 15.8. The maximum absolute atomic E-state index is 12.7. The first-order valence-corrected chi connectivity index (χ1v) is 10.6. The summed E-state index contributed by atoms with van der Waals surface area (Å²) < 4.78 is 26.7. The van der Waals surface area contributed by atoms with Crippen molar-refractivity contribution in [2.24, 2.45) is 5.92 Å². The van der Waals surface area contributed by atoms with Crippen molar-refractivity contribution in [1.82, 2.24) is 14.6 Å². The van der Waals surface area contributed by atoms with E-state index >= 15 is 0 Å². The Morgan fingerprint density at radius 3 is 2.76 bits per heavy atom. The molecule has 0 spiro atoms. The van der Waals surface area contributed by atoms with Gasteiger partial charge in [0.1, 0.15) is 10.0 Å². The summed E-state index contributed by atoms with van der Waals surface area (Å²) in [4.78, 5) is 16.1. The average Bonchev–Trinajstić information content (AvgIpc) is 3.13. The molecule has 6 nitrogen and oxygen atoms in total. The van der Waals surface area contributed by atoms with Crippen molar-refractivity contribution in [3.63, 3.8) is 0 Å². The van der Waals surface area contributed by atoms with E-state index in [0.717, 1.165) is 5.56 Å². The smallest absolute Gasteiger partial charge is 0.246 e. The van der Waals surface area contributed by atoms with Crippen LogP contribution in [0.5, 0.6) is 0 Å². The van der Waals surface area contributed by atoms with Gasteiger partial charge >= 0.3 is 0 Å². The van der Waals surface area contributed by atoms with Crippen molar-refractivity contribution in [2.75, 3.05) is 13.1 Å². The SMILES string of the molecule is O=C(NCc1ccsc1)C1CCN(S(=O)(=O)c2cccnc2Cl)CC1. The number of thiophene rings is 1. The second-order valence-corrected chi connectivity index (χ2v) is 8.86. The number of sulfonamides is 1. The Hall–Kier alpha value is -1.48. The Morgan fingerprint density at radius 1 is 1.36 bits per heavy atom. The summed E-state index contributed by atoms with van der Waals surface area (Å²) in [5, 5.41) is 6.85. The van der Waals surface area contributed by atoms with Crippen LogP contribution in [0.15, 0.2) is 40.1 Å². The molecular weight excluding hydrogens is 382 g/mol. The third-order valence-electron chi connectivity index (χ3n) is 4.21. The Morgan fingerprint density at radius 2 is 2.12 bits per heavy atom. The number of nitrogens with one attached hydrogen (secondary N) is 1. The topological polar surface area (TPSA) is 79.4 Å². The number of pyridine rings is 1. The van der Waals surface area contributed by atoms with Gasteiger partial charge in [0, 0.05) is 31.7 Å². The van der Waals surface area contributed by atoms with Crippen molar-refractivity contribution < 1.29 is 13.2 Å². The van der Waals surface area contributed by atoms with E-state index in [-0.39, 0.29) is 21.9 Å². The van der Waals surface area contributed by atoms with E-state index in [0.29, 0.717) is 32.5 Å². The van der Waals surface area contributed by atoms with Crippen molar-refractivity contribution in [1.29, 1.82) is 0 Å². The van der Waals surface area contributed by atoms with E-state index in [1.165, 1.54) is 16.6 Å². The molecule has 1 fully saturated rings. The van der Waals surface area contributed by atoms with Gasteiger partial charge in [-0.15, -0.1) is 0 Å². The first kappa shape index (κ1) is 18.3. The van der Waals surface area contributed by atoms with E-state index in [1.54, 1.807) is 17.4 Å². The molecule has 134 valence electrons. The van der Waals surface area contributed by atoms with Crippen LogP contribution in [0.25, 0.3) is 0 Å². The monoisotopic (exact) mass is 399 g/mol. The number of amides is 1. The molecule has 2 aromatic rings. The number of nitrogens with zero attached hydrogens (tertiary/aromatic N) is 2. The van der Waals surface area contributed by atoms with Crippen LogP contribution < -0.4 is 5.32 Å². The Bertz CT molecular complexity index is 832. The second kappa shape index (κ2) is 7.82. The number of hydrogen-bond acceptors (Lipinski definition) is 5. The molecule has 0 aliphatic carbocycles. The lowest BCUT2D eigenvalue weighted by Gasteiger charge is -2.30. The highest BCUT2D eigenvalue weighted by Crippen LogP contribution is 2.27. The van der Waals surface area contributed by atoms with Gasteiger partial charge in [0.05, 0.1) is 0 Å². The molecule has 0 radical (unpaired) electrons. The highest BCUT2D eigenvalue weighted by Gasteiger charge is 2.33. The fourth-order valence-electron chi connectivity index (χ4n) is 2.79. The molecule has 3 rings (SSSR count). The largest absolute Gasteiger partial charge is 0.352 e. The third-order valence-corrected chi connectivity index (χ3v) is 7.29. The van der Waals surface area contributed by atoms with Gasteiger partial charge in [0.2, 0.25) is 15.9 Å². The number of hydrogen-bond donors (Lipinski definition) is 1. The Kier molecular flexibility index (Phi) is 5.73. The average molecular weight is 400 g/mol. The molecule has 0 unspecified atom stereocenters. The number of carbonyl (C=O) groups is 1. The van der Waals surface area contributed by atoms with E-state index in [4.69, 9.17) is 11.6 Å². The van der Waals surface area contributed by atoms with E-state index < -0.39 is 10.0 Å². The van der Waals surface area contributed by atoms with Crippen LogP contribution in [0, 0.1) is 5.92 Å². The van der Waals surface area contributed by atoms with Crippen LogP contribution in [0.2, 0.25) is 5.15 Å². The Labute approximate surface area is 155 Å². The molecule has 0 saturated carbocycles. The lowest BCUT2D eigenvalue weighted by Crippen LogP contribution is -2.42. The molecule has 3 heterocycles. The Balaban J connectivity index is 1.58. The number of carbonyl (C=O) groups excluding carboxylic acids is 1. The lowest BCUT2D eigenvalue weighted by atomic mass is 9.97. The molecular formula is C16H18ClN3O3S2. The molecule has 1 amide bonds. The van der Waals surface area contributed by atoms with Gasteiger partial charge in [-0.2, -0.15) is 15.6 Å². The minimum absolute atomic E-state index is 0.0111. The molecule has 0 bridgehead atoms. The van der Waals surface area contributed by atoms with Crippen molar-refractivity contribution in [3.05, 3.63) is 45.9 Å². The summed E-state index contributed by atoms with van der Waals surface area (Å²) in [5.74, 6) is -0.197. The summed E-state index contributed by atoms with van der Waals surface area (Å²) in [7, 11) is -3.68. The molecule has 2 aromatic heterocycles. The number of piperidine rings is 1. The third kappa shape index (κ3) is 4.20. The van der Waals surface area contributed by atoms with Crippen LogP contribution in [0.4, 0.5) is 0 Å². The van der Waals surface area contributed by atoms with E-state index in [9.17, 15) is 13.2 Å². The quantitative estimate of drug-likeness (QED) is 0.783. The first-order chi connectivity index (χ1) is 12.0. The predicted molar refractivity (Wildman–Crippen MR) is 96.9 cm³/mol. The van der Waals surface area contributed by atoms with E-state index in [2.05, 4.69) is 10.3 Å². The highest BCUT2D eigenvalue weighted by atomic mass is 35.5. The fourth-order valence-corrected chi connectivity index (χ4v) is 5.35. The zero-order chi connectivity index (χ0) is 17.9. The van der Waals surface area contributed by atoms with Crippen molar-refractivity contribution >= 4 is 38.9 Å². The van der Waals surface area contributed by atoms with Crippen LogP contribution in [-0.4, -0.2) is 36.7 Å². The molecule has 0 aromatic carbocycles. The number of halogens is 1. The number of aromatic nitrogens is 1. The molecule has 25 heavy (non-hydrogen) atoms. The van der Waals surface area contributed by atoms with Crippen LogP contribution in [0.3, 0.4) is 0 Å². The molecule has 9 heteroatoms. The second-order valence-electron chi connectivity index (χ2n) is 5.82. The summed E-state index contributed by atoms with van der Waals surface area (Å²) in [6, 6.07) is 4.96. The molecule has 1 aliphatic heterocycles. The van der Waals surface area contributed by atoms with Crippen LogP contribution in [-0.2, 0) is 21.4 Å². The standard InChI is InChI=1S/C16H18ClN3O3S2/c17-15-14(2-1-6-18-15)25(22,23)20-7-3-13(4-8-20)16(21)19-10-12-5-9-24-11-12/h1-2,5-6,9,11,13H,3-4,7-8,10H2,(H,19,21). The lowest BCUT2D eigenvalue weighted by molar-refractivity contribution is -0.126. The summed E-state index contributed by atoms with van der Waals surface area (Å²) in [5.41, 5.74) is 1.07. The first-order valence-electron chi connectivity index (χ1n) is 7.88. The predicted octanol–water partition coefficient (Wildman–Crippen LogP) is 2.51. The minimum atomic E-state index is -3.68. The van der Waals surface area contributed by atoms with Gasteiger partial charge in [-0.05, 0) is 47.4 Å². The molecule has 1 N–H and O–H groups in total. The van der Waals surface area contributed by atoms with Gasteiger partial charge in [0.25, 0.3) is 0 Å². The summed E-state index contributed by atoms with van der Waals surface area (Å²) in [6.07, 6.45) is 2.44. The normalized spacial score (nSPS) is 16.7. The van der Waals surface area contributed by atoms with Gasteiger partial charge in [-0.25, -0.2) is 13.4 Å². The van der Waals surface area contributed by atoms with Crippen molar-refractivity contribution in [3.8, 4) is 0 Å². The fraction of sp³-hybridized carbons (Fsp3) is 0.375. The molecule has 1 aliphatic rings. The minimum Gasteiger partial charge on any atom is -0.352 e.